The SMILES string of the molecule is CCCCN(C(=O)NCc1ccccc1)C1CCN(CC2CN(C(C(=O)O)C3CCCCC3)CC2c2ccccc2)CC1. The molecular formula is C36H52N4O3. The molecule has 3 aliphatic rings. The molecule has 1 aliphatic carbocycles. The molecule has 0 radical (unpaired) electrons. The lowest BCUT2D eigenvalue weighted by molar-refractivity contribution is -0.145. The number of carbonyl (C=O) groups is 2. The van der Waals surface area contributed by atoms with Crippen molar-refractivity contribution in [3.8, 4) is 0 Å². The van der Waals surface area contributed by atoms with Crippen LogP contribution in [-0.2, 0) is 11.3 Å². The molecule has 3 atom stereocenters. The largest absolute Gasteiger partial charge is 0.480 e. The van der Waals surface area contributed by atoms with Crippen molar-refractivity contribution in [2.75, 3.05) is 39.3 Å². The van der Waals surface area contributed by atoms with Crippen LogP contribution in [-0.4, -0.2) is 83.2 Å². The van der Waals surface area contributed by atoms with Crippen LogP contribution in [0.25, 0.3) is 0 Å². The first-order chi connectivity index (χ1) is 21.0. The maximum absolute atomic E-state index is 13.3. The number of hydrogen-bond donors (Lipinski definition) is 2. The topological polar surface area (TPSA) is 76.1 Å². The summed E-state index contributed by atoms with van der Waals surface area (Å²) in [7, 11) is 0. The van der Waals surface area contributed by atoms with Crippen LogP contribution in [0.2, 0.25) is 0 Å². The molecule has 2 aromatic rings. The summed E-state index contributed by atoms with van der Waals surface area (Å²) in [5.74, 6) is 0.362. The number of nitrogens with one attached hydrogen (secondary N) is 1. The number of amides is 2. The molecule has 7 heteroatoms. The van der Waals surface area contributed by atoms with E-state index in [0.29, 0.717) is 18.4 Å². The molecule has 2 aliphatic heterocycles. The molecule has 2 heterocycles. The molecule has 3 fully saturated rings. The van der Waals surface area contributed by atoms with E-state index in [2.05, 4.69) is 69.4 Å². The van der Waals surface area contributed by atoms with E-state index in [9.17, 15) is 14.7 Å². The zero-order valence-corrected chi connectivity index (χ0v) is 26.1. The highest BCUT2D eigenvalue weighted by molar-refractivity contribution is 5.74. The summed E-state index contributed by atoms with van der Waals surface area (Å²) in [6.07, 6.45) is 9.66. The van der Waals surface area contributed by atoms with Crippen LogP contribution in [0.15, 0.2) is 60.7 Å². The first-order valence-corrected chi connectivity index (χ1v) is 16.9. The first-order valence-electron chi connectivity index (χ1n) is 16.9. The van der Waals surface area contributed by atoms with Crippen molar-refractivity contribution in [1.82, 2.24) is 20.0 Å². The number of carbonyl (C=O) groups excluding carboxylic acids is 1. The van der Waals surface area contributed by atoms with Crippen LogP contribution < -0.4 is 5.32 Å². The summed E-state index contributed by atoms with van der Waals surface area (Å²) in [4.78, 5) is 32.9. The van der Waals surface area contributed by atoms with Crippen molar-refractivity contribution in [3.63, 3.8) is 0 Å². The smallest absolute Gasteiger partial charge is 0.321 e. The van der Waals surface area contributed by atoms with Crippen LogP contribution in [0.4, 0.5) is 4.79 Å². The molecule has 0 bridgehead atoms. The molecule has 0 aromatic heterocycles. The third kappa shape index (κ3) is 8.39. The molecule has 7 nitrogen and oxygen atoms in total. The molecule has 2 aromatic carbocycles. The predicted octanol–water partition coefficient (Wildman–Crippen LogP) is 6.21. The number of likely N-dealkylation sites (tertiary alicyclic amines) is 2. The number of unbranched alkanes of at least 4 members (excludes halogenated alkanes) is 1. The molecule has 2 N–H and O–H groups in total. The lowest BCUT2D eigenvalue weighted by Gasteiger charge is -2.40. The third-order valence-corrected chi connectivity index (χ3v) is 10.2. The molecule has 1 saturated carbocycles. The fraction of sp³-hybridized carbons (Fsp3) is 0.611. The van der Waals surface area contributed by atoms with Gasteiger partial charge in [-0.05, 0) is 55.1 Å². The van der Waals surface area contributed by atoms with E-state index in [1.165, 1.54) is 12.0 Å². The average Bonchev–Trinajstić information content (AvgIpc) is 3.45. The second-order valence-corrected chi connectivity index (χ2v) is 13.1. The summed E-state index contributed by atoms with van der Waals surface area (Å²) in [6.45, 7) is 8.13. The zero-order chi connectivity index (χ0) is 30.0. The minimum Gasteiger partial charge on any atom is -0.480 e. The Hall–Kier alpha value is -2.90. The van der Waals surface area contributed by atoms with E-state index in [-0.39, 0.29) is 24.0 Å². The normalized spacial score (nSPS) is 23.2. The molecule has 0 spiro atoms. The van der Waals surface area contributed by atoms with Gasteiger partial charge in [0.05, 0.1) is 0 Å². The molecule has 3 unspecified atom stereocenters. The van der Waals surface area contributed by atoms with Gasteiger partial charge in [0.15, 0.2) is 0 Å². The number of piperidine rings is 1. The van der Waals surface area contributed by atoms with Gasteiger partial charge < -0.3 is 20.2 Å². The fourth-order valence-corrected chi connectivity index (χ4v) is 7.90. The number of rotatable bonds is 12. The van der Waals surface area contributed by atoms with Gasteiger partial charge in [-0.2, -0.15) is 0 Å². The predicted molar refractivity (Wildman–Crippen MR) is 172 cm³/mol. The Morgan fingerprint density at radius 1 is 0.930 bits per heavy atom. The molecule has 234 valence electrons. The average molecular weight is 589 g/mol. The standard InChI is InChI=1S/C36H52N4O3/c1-2-3-21-40(36(43)37-24-28-13-7-4-8-14-28)32-19-22-38(23-20-32)25-31-26-39(27-33(31)29-15-9-5-10-16-29)34(35(41)42)30-17-11-6-12-18-30/h4-5,7-10,13-16,30-34H,2-3,6,11-12,17-27H2,1H3,(H,37,43)(H,41,42). The Balaban J connectivity index is 1.21. The minimum atomic E-state index is -0.641. The summed E-state index contributed by atoms with van der Waals surface area (Å²) in [6, 6.07) is 20.8. The number of carboxylic acid groups (broad SMARTS) is 1. The second-order valence-electron chi connectivity index (χ2n) is 13.1. The molecule has 2 saturated heterocycles. The van der Waals surface area contributed by atoms with Crippen LogP contribution >= 0.6 is 0 Å². The maximum Gasteiger partial charge on any atom is 0.321 e. The molecule has 5 rings (SSSR count). The quantitative estimate of drug-likeness (QED) is 0.308. The van der Waals surface area contributed by atoms with E-state index in [1.807, 2.05) is 18.2 Å². The highest BCUT2D eigenvalue weighted by atomic mass is 16.4. The maximum atomic E-state index is 13.3. The number of nitrogens with zero attached hydrogens (tertiary/aromatic N) is 3. The van der Waals surface area contributed by atoms with Crippen molar-refractivity contribution >= 4 is 12.0 Å². The Morgan fingerprint density at radius 2 is 1.60 bits per heavy atom. The van der Waals surface area contributed by atoms with Gasteiger partial charge in [0.2, 0.25) is 0 Å². The summed E-state index contributed by atoms with van der Waals surface area (Å²) < 4.78 is 0. The zero-order valence-electron chi connectivity index (χ0n) is 26.1. The third-order valence-electron chi connectivity index (χ3n) is 10.2. The lowest BCUT2D eigenvalue weighted by Crippen LogP contribution is -2.51. The second kappa shape index (κ2) is 15.7. The van der Waals surface area contributed by atoms with Crippen molar-refractivity contribution in [3.05, 3.63) is 71.8 Å². The summed E-state index contributed by atoms with van der Waals surface area (Å²) in [5.41, 5.74) is 2.45. The fourth-order valence-electron chi connectivity index (χ4n) is 7.90. The van der Waals surface area contributed by atoms with Crippen molar-refractivity contribution in [2.45, 2.75) is 89.3 Å². The van der Waals surface area contributed by atoms with Gasteiger partial charge in [-0.15, -0.1) is 0 Å². The number of carboxylic acids is 1. The van der Waals surface area contributed by atoms with Gasteiger partial charge >= 0.3 is 12.0 Å². The summed E-state index contributed by atoms with van der Waals surface area (Å²) in [5, 5.41) is 13.5. The van der Waals surface area contributed by atoms with Crippen LogP contribution in [0.3, 0.4) is 0 Å². The Bertz CT molecular complexity index is 1130. The van der Waals surface area contributed by atoms with Gasteiger partial charge in [-0.3, -0.25) is 9.69 Å². The van der Waals surface area contributed by atoms with Crippen LogP contribution in [0.1, 0.15) is 81.8 Å². The number of urea groups is 1. The lowest BCUT2D eigenvalue weighted by atomic mass is 9.83. The van der Waals surface area contributed by atoms with Crippen molar-refractivity contribution in [1.29, 1.82) is 0 Å². The molecular weight excluding hydrogens is 536 g/mol. The monoisotopic (exact) mass is 588 g/mol. The number of hydrogen-bond acceptors (Lipinski definition) is 4. The van der Waals surface area contributed by atoms with Gasteiger partial charge in [-0.1, -0.05) is 93.3 Å². The van der Waals surface area contributed by atoms with Gasteiger partial charge in [-0.25, -0.2) is 4.79 Å². The Labute approximate surface area is 258 Å². The highest BCUT2D eigenvalue weighted by Crippen LogP contribution is 2.38. The number of aliphatic carboxylic acids is 1. The van der Waals surface area contributed by atoms with E-state index in [0.717, 1.165) is 96.2 Å². The minimum absolute atomic E-state index is 0.0498. The van der Waals surface area contributed by atoms with Gasteiger partial charge in [0.1, 0.15) is 6.04 Å². The van der Waals surface area contributed by atoms with Crippen LogP contribution in [0, 0.1) is 11.8 Å². The highest BCUT2D eigenvalue weighted by Gasteiger charge is 2.43. The van der Waals surface area contributed by atoms with Crippen LogP contribution in [0.5, 0.6) is 0 Å². The Morgan fingerprint density at radius 3 is 2.26 bits per heavy atom. The van der Waals surface area contributed by atoms with Gasteiger partial charge in [0, 0.05) is 57.8 Å². The van der Waals surface area contributed by atoms with E-state index in [1.54, 1.807) is 0 Å². The number of benzene rings is 2. The van der Waals surface area contributed by atoms with Crippen molar-refractivity contribution < 1.29 is 14.7 Å². The van der Waals surface area contributed by atoms with E-state index < -0.39 is 5.97 Å². The summed E-state index contributed by atoms with van der Waals surface area (Å²) >= 11 is 0. The Kier molecular flexibility index (Phi) is 11.5. The van der Waals surface area contributed by atoms with E-state index in [4.69, 9.17) is 0 Å². The van der Waals surface area contributed by atoms with Crippen molar-refractivity contribution in [2.24, 2.45) is 11.8 Å². The first kappa shape index (κ1) is 31.5. The van der Waals surface area contributed by atoms with E-state index >= 15 is 0 Å². The van der Waals surface area contributed by atoms with Gasteiger partial charge in [0.25, 0.3) is 0 Å². The molecule has 2 amide bonds. The molecule has 43 heavy (non-hydrogen) atoms.